The van der Waals surface area contributed by atoms with E-state index >= 15 is 0 Å². The van der Waals surface area contributed by atoms with Crippen molar-refractivity contribution in [2.75, 3.05) is 39.0 Å². The quantitative estimate of drug-likeness (QED) is 0.810. The Morgan fingerprint density at radius 2 is 2.47 bits per heavy atom. The minimum atomic E-state index is -0.179. The maximum Gasteiger partial charge on any atom is 0.238 e. The molecule has 2 fully saturated rings. The molecular weight excluding hydrogens is 236 g/mol. The lowest BCUT2D eigenvalue weighted by Crippen LogP contribution is -2.53. The van der Waals surface area contributed by atoms with Gasteiger partial charge in [0.05, 0.1) is 17.5 Å². The van der Waals surface area contributed by atoms with E-state index in [1.165, 1.54) is 0 Å². The van der Waals surface area contributed by atoms with Crippen LogP contribution in [0.25, 0.3) is 0 Å². The molecule has 98 valence electrons. The molecule has 0 bridgehead atoms. The number of likely N-dealkylation sites (N-methyl/N-ethyl adjacent to an activating group) is 1. The van der Waals surface area contributed by atoms with E-state index < -0.39 is 0 Å². The number of nitrogens with zero attached hydrogens (tertiary/aromatic N) is 1. The highest BCUT2D eigenvalue weighted by molar-refractivity contribution is 8.01. The molecular formula is C12H22N2O2S. The average molecular weight is 258 g/mol. The van der Waals surface area contributed by atoms with Gasteiger partial charge < -0.3 is 15.0 Å². The summed E-state index contributed by atoms with van der Waals surface area (Å²) in [7, 11) is 1.91. The minimum absolute atomic E-state index is 0.146. The molecule has 0 aliphatic carbocycles. The second kappa shape index (κ2) is 5.59. The van der Waals surface area contributed by atoms with Crippen LogP contribution in [0.15, 0.2) is 0 Å². The molecule has 0 saturated carbocycles. The Morgan fingerprint density at radius 1 is 1.65 bits per heavy atom. The fraction of sp³-hybridized carbons (Fsp3) is 0.917. The highest BCUT2D eigenvalue weighted by Gasteiger charge is 2.41. The fourth-order valence-corrected chi connectivity index (χ4v) is 3.82. The Kier molecular flexibility index (Phi) is 4.33. The Hall–Kier alpha value is -0.260. The van der Waals surface area contributed by atoms with Gasteiger partial charge in [0.25, 0.3) is 0 Å². The predicted octanol–water partition coefficient (Wildman–Crippen LogP) is 0.719. The second-order valence-corrected chi connectivity index (χ2v) is 6.58. The van der Waals surface area contributed by atoms with Crippen molar-refractivity contribution in [2.45, 2.75) is 30.6 Å². The smallest absolute Gasteiger partial charge is 0.238 e. The zero-order valence-electron chi connectivity index (χ0n) is 10.7. The van der Waals surface area contributed by atoms with Crippen molar-refractivity contribution in [3.8, 4) is 0 Å². The molecule has 1 N–H and O–H groups in total. The normalized spacial score (nSPS) is 34.0. The first-order valence-corrected chi connectivity index (χ1v) is 7.34. The molecule has 0 spiro atoms. The van der Waals surface area contributed by atoms with Crippen LogP contribution in [0.2, 0.25) is 0 Å². The van der Waals surface area contributed by atoms with Crippen molar-refractivity contribution in [2.24, 2.45) is 0 Å². The van der Waals surface area contributed by atoms with Gasteiger partial charge in [-0.1, -0.05) is 0 Å². The first-order valence-electron chi connectivity index (χ1n) is 6.35. The largest absolute Gasteiger partial charge is 0.373 e. The number of thioether (sulfide) groups is 1. The van der Waals surface area contributed by atoms with Crippen molar-refractivity contribution in [1.82, 2.24) is 10.2 Å². The molecule has 1 amide bonds. The summed E-state index contributed by atoms with van der Waals surface area (Å²) in [6.07, 6.45) is 2.33. The number of amides is 1. The van der Waals surface area contributed by atoms with Gasteiger partial charge >= 0.3 is 0 Å². The second-order valence-electron chi connectivity index (χ2n) is 4.98. The third kappa shape index (κ3) is 2.95. The lowest BCUT2D eigenvalue weighted by molar-refractivity contribution is -0.140. The molecule has 2 aliphatic rings. The zero-order valence-corrected chi connectivity index (χ0v) is 11.5. The summed E-state index contributed by atoms with van der Waals surface area (Å²) in [4.78, 5) is 14.5. The molecule has 2 atom stereocenters. The van der Waals surface area contributed by atoms with Crippen LogP contribution in [0.4, 0.5) is 0 Å². The van der Waals surface area contributed by atoms with E-state index in [1.807, 2.05) is 23.7 Å². The fourth-order valence-electron chi connectivity index (χ4n) is 2.54. The van der Waals surface area contributed by atoms with Gasteiger partial charge in [-0.15, -0.1) is 11.8 Å². The standard InChI is InChI=1S/C12H22N2O2S/c1-12(4-3-7-17-12)11(15)14-5-6-16-10(9-14)8-13-2/h10,13H,3-9H2,1-2H3. The molecule has 0 aromatic heterocycles. The first-order chi connectivity index (χ1) is 8.15. The predicted molar refractivity (Wildman–Crippen MR) is 70.3 cm³/mol. The Morgan fingerprint density at radius 3 is 3.12 bits per heavy atom. The maximum atomic E-state index is 12.5. The van der Waals surface area contributed by atoms with Gasteiger partial charge in [0.2, 0.25) is 5.91 Å². The van der Waals surface area contributed by atoms with E-state index in [4.69, 9.17) is 4.74 Å². The van der Waals surface area contributed by atoms with Gasteiger partial charge in [-0.2, -0.15) is 0 Å². The van der Waals surface area contributed by atoms with Gasteiger partial charge in [-0.25, -0.2) is 0 Å². The highest BCUT2D eigenvalue weighted by atomic mass is 32.2. The van der Waals surface area contributed by atoms with Crippen molar-refractivity contribution >= 4 is 17.7 Å². The Balaban J connectivity index is 1.94. The summed E-state index contributed by atoms with van der Waals surface area (Å²) in [5.41, 5.74) is 0. The van der Waals surface area contributed by atoms with Gasteiger partial charge in [0.1, 0.15) is 0 Å². The molecule has 4 nitrogen and oxygen atoms in total. The maximum absolute atomic E-state index is 12.5. The first kappa shape index (κ1) is 13.2. The molecule has 2 aliphatic heterocycles. The summed E-state index contributed by atoms with van der Waals surface area (Å²) in [5.74, 6) is 1.43. The van der Waals surface area contributed by atoms with Crippen molar-refractivity contribution in [1.29, 1.82) is 0 Å². The van der Waals surface area contributed by atoms with Gasteiger partial charge in [-0.05, 0) is 32.6 Å². The number of hydrogen-bond donors (Lipinski definition) is 1. The summed E-state index contributed by atoms with van der Waals surface area (Å²) in [6, 6.07) is 0. The van der Waals surface area contributed by atoms with E-state index in [2.05, 4.69) is 12.2 Å². The van der Waals surface area contributed by atoms with Crippen LogP contribution in [-0.2, 0) is 9.53 Å². The number of hydrogen-bond acceptors (Lipinski definition) is 4. The van der Waals surface area contributed by atoms with Crippen molar-refractivity contribution < 1.29 is 9.53 Å². The number of rotatable bonds is 3. The van der Waals surface area contributed by atoms with Crippen LogP contribution in [0.1, 0.15) is 19.8 Å². The molecule has 2 saturated heterocycles. The summed E-state index contributed by atoms with van der Waals surface area (Å²) >= 11 is 1.81. The van der Waals surface area contributed by atoms with Crippen LogP contribution >= 0.6 is 11.8 Å². The lowest BCUT2D eigenvalue weighted by Gasteiger charge is -2.37. The molecule has 0 aromatic rings. The third-order valence-corrected chi connectivity index (χ3v) is 5.04. The topological polar surface area (TPSA) is 41.6 Å². The number of ether oxygens (including phenoxy) is 1. The van der Waals surface area contributed by atoms with E-state index in [1.54, 1.807) is 0 Å². The third-order valence-electron chi connectivity index (χ3n) is 3.53. The van der Waals surface area contributed by atoms with Crippen LogP contribution in [0.5, 0.6) is 0 Å². The molecule has 0 radical (unpaired) electrons. The van der Waals surface area contributed by atoms with E-state index in [0.29, 0.717) is 12.5 Å². The summed E-state index contributed by atoms with van der Waals surface area (Å²) < 4.78 is 5.45. The number of carbonyl (C=O) groups is 1. The number of morpholine rings is 1. The molecule has 2 rings (SSSR count). The van der Waals surface area contributed by atoms with E-state index in [0.717, 1.165) is 38.2 Å². The molecule has 17 heavy (non-hydrogen) atoms. The van der Waals surface area contributed by atoms with Crippen LogP contribution < -0.4 is 5.32 Å². The van der Waals surface area contributed by atoms with Crippen LogP contribution in [0, 0.1) is 0 Å². The van der Waals surface area contributed by atoms with Gasteiger partial charge in [0, 0.05) is 19.6 Å². The van der Waals surface area contributed by atoms with Crippen LogP contribution in [0.3, 0.4) is 0 Å². The van der Waals surface area contributed by atoms with Gasteiger partial charge in [0.15, 0.2) is 0 Å². The number of nitrogens with one attached hydrogen (secondary N) is 1. The lowest BCUT2D eigenvalue weighted by atomic mass is 10.0. The SMILES string of the molecule is CNCC1CN(C(=O)C2(C)CCCS2)CCO1. The monoisotopic (exact) mass is 258 g/mol. The Bertz CT molecular complexity index is 278. The Labute approximate surface area is 107 Å². The molecule has 2 heterocycles. The molecule has 5 heteroatoms. The number of carbonyl (C=O) groups excluding carboxylic acids is 1. The summed E-state index contributed by atoms with van der Waals surface area (Å²) in [6.45, 7) is 5.05. The minimum Gasteiger partial charge on any atom is -0.373 e. The molecule has 2 unspecified atom stereocenters. The van der Waals surface area contributed by atoms with Gasteiger partial charge in [-0.3, -0.25) is 4.79 Å². The van der Waals surface area contributed by atoms with Crippen molar-refractivity contribution in [3.05, 3.63) is 0 Å². The highest BCUT2D eigenvalue weighted by Crippen LogP contribution is 2.39. The van der Waals surface area contributed by atoms with Crippen LogP contribution in [-0.4, -0.2) is 60.7 Å². The summed E-state index contributed by atoms with van der Waals surface area (Å²) in [5, 5.41) is 3.11. The van der Waals surface area contributed by atoms with E-state index in [-0.39, 0.29) is 10.9 Å². The molecule has 0 aromatic carbocycles. The van der Waals surface area contributed by atoms with E-state index in [9.17, 15) is 4.79 Å². The zero-order chi connectivity index (χ0) is 12.3. The van der Waals surface area contributed by atoms with Crippen molar-refractivity contribution in [3.63, 3.8) is 0 Å². The average Bonchev–Trinajstić information content (AvgIpc) is 2.77.